The van der Waals surface area contributed by atoms with Crippen molar-refractivity contribution in [2.24, 2.45) is 0 Å². The molecule has 0 aliphatic carbocycles. The molecule has 0 aliphatic rings. The van der Waals surface area contributed by atoms with Gasteiger partial charge in [-0.15, -0.1) is 11.3 Å². The van der Waals surface area contributed by atoms with Gasteiger partial charge in [0, 0.05) is 35.4 Å². The molecule has 3 rings (SSSR count). The minimum Gasteiger partial charge on any atom is -0.268 e. The number of rotatable bonds is 7. The van der Waals surface area contributed by atoms with Gasteiger partial charge in [-0.05, 0) is 36.8 Å². The number of hydrogen-bond acceptors (Lipinski definition) is 6. The average molecular weight is 390 g/mol. The van der Waals surface area contributed by atoms with E-state index in [0.717, 1.165) is 16.9 Å². The summed E-state index contributed by atoms with van der Waals surface area (Å²) in [4.78, 5) is 17.0. The van der Waals surface area contributed by atoms with Crippen LogP contribution in [0.5, 0.6) is 0 Å². The van der Waals surface area contributed by atoms with E-state index in [1.165, 1.54) is 22.1 Å². The molecular weight excluding hydrogens is 372 g/mol. The molecule has 0 saturated carbocycles. The lowest BCUT2D eigenvalue weighted by atomic mass is 10.2. The fourth-order valence-corrected chi connectivity index (χ4v) is 4.69. The molecule has 0 aliphatic heterocycles. The first-order valence-corrected chi connectivity index (χ1v) is 10.4. The van der Waals surface area contributed by atoms with Crippen LogP contribution in [0, 0.1) is 0 Å². The molecule has 3 aromatic heterocycles. The van der Waals surface area contributed by atoms with Crippen molar-refractivity contribution < 1.29 is 8.42 Å². The Morgan fingerprint density at radius 3 is 2.73 bits per heavy atom. The molecule has 3 heterocycles. The first kappa shape index (κ1) is 18.4. The smallest absolute Gasteiger partial charge is 0.266 e. The molecular formula is C17H18N4O3S2. The molecule has 0 unspecified atom stereocenters. The fourth-order valence-electron chi connectivity index (χ4n) is 2.33. The maximum absolute atomic E-state index is 12.3. The highest BCUT2D eigenvalue weighted by Crippen LogP contribution is 2.21. The molecule has 0 saturated heterocycles. The van der Waals surface area contributed by atoms with Crippen LogP contribution >= 0.6 is 11.3 Å². The van der Waals surface area contributed by atoms with Crippen LogP contribution in [0.15, 0.2) is 57.8 Å². The van der Waals surface area contributed by atoms with Gasteiger partial charge < -0.3 is 0 Å². The van der Waals surface area contributed by atoms with E-state index in [1.54, 1.807) is 30.6 Å². The number of hydrogen-bond donors (Lipinski definition) is 1. The van der Waals surface area contributed by atoms with E-state index in [0.29, 0.717) is 5.69 Å². The minimum atomic E-state index is -3.58. The van der Waals surface area contributed by atoms with E-state index in [-0.39, 0.29) is 22.9 Å². The van der Waals surface area contributed by atoms with Crippen LogP contribution in [-0.4, -0.2) is 29.7 Å². The predicted octanol–water partition coefficient (Wildman–Crippen LogP) is 1.91. The van der Waals surface area contributed by atoms with Crippen molar-refractivity contribution in [3.8, 4) is 11.3 Å². The van der Waals surface area contributed by atoms with Crippen molar-refractivity contribution in [1.82, 2.24) is 19.5 Å². The zero-order chi connectivity index (χ0) is 18.6. The molecule has 1 N–H and O–H groups in total. The van der Waals surface area contributed by atoms with Crippen LogP contribution < -0.4 is 10.3 Å². The third-order valence-corrected chi connectivity index (χ3v) is 6.87. The van der Waals surface area contributed by atoms with Crippen LogP contribution in [0.25, 0.3) is 11.3 Å². The maximum Gasteiger partial charge on any atom is 0.266 e. The van der Waals surface area contributed by atoms with Gasteiger partial charge in [0.2, 0.25) is 10.0 Å². The van der Waals surface area contributed by atoms with Gasteiger partial charge in [0.05, 0.1) is 12.2 Å². The molecule has 0 fully saturated rings. The van der Waals surface area contributed by atoms with E-state index in [4.69, 9.17) is 0 Å². The Hall–Kier alpha value is -2.36. The van der Waals surface area contributed by atoms with Crippen LogP contribution in [0.2, 0.25) is 0 Å². The van der Waals surface area contributed by atoms with Gasteiger partial charge in [-0.2, -0.15) is 5.10 Å². The Morgan fingerprint density at radius 2 is 2.04 bits per heavy atom. The largest absolute Gasteiger partial charge is 0.268 e. The fraction of sp³-hybridized carbons (Fsp3) is 0.235. The standard InChI is InChI=1S/C17H18N4O3S2/c1-2-14-5-8-17(25-14)26(23,24)19-10-11-21-16(22)7-6-15(20-21)13-4-3-9-18-12-13/h3-9,12,19H,2,10-11H2,1H3. The third kappa shape index (κ3) is 4.24. The van der Waals surface area contributed by atoms with Crippen molar-refractivity contribution in [1.29, 1.82) is 0 Å². The molecule has 0 amide bonds. The second kappa shape index (κ2) is 7.90. The summed E-state index contributed by atoms with van der Waals surface area (Å²) in [5.74, 6) is 0. The number of pyridine rings is 1. The summed E-state index contributed by atoms with van der Waals surface area (Å²) in [6.07, 6.45) is 4.10. The lowest BCUT2D eigenvalue weighted by Crippen LogP contribution is -2.31. The van der Waals surface area contributed by atoms with Crippen LogP contribution in [0.1, 0.15) is 11.8 Å². The van der Waals surface area contributed by atoms with Gasteiger partial charge in [-0.25, -0.2) is 17.8 Å². The zero-order valence-corrected chi connectivity index (χ0v) is 15.8. The summed E-state index contributed by atoms with van der Waals surface area (Å²) in [5, 5.41) is 4.28. The Bertz CT molecular complexity index is 1040. The second-order valence-corrected chi connectivity index (χ2v) is 8.66. The van der Waals surface area contributed by atoms with Gasteiger partial charge in [0.25, 0.3) is 5.56 Å². The zero-order valence-electron chi connectivity index (χ0n) is 14.1. The van der Waals surface area contributed by atoms with Crippen LogP contribution in [-0.2, 0) is 23.0 Å². The van der Waals surface area contributed by atoms with Crippen LogP contribution in [0.3, 0.4) is 0 Å². The molecule has 26 heavy (non-hydrogen) atoms. The predicted molar refractivity (Wildman–Crippen MR) is 101 cm³/mol. The molecule has 0 bridgehead atoms. The van der Waals surface area contributed by atoms with Crippen molar-refractivity contribution in [2.45, 2.75) is 24.1 Å². The maximum atomic E-state index is 12.3. The SMILES string of the molecule is CCc1ccc(S(=O)(=O)NCCn2nc(-c3cccnc3)ccc2=O)s1. The third-order valence-electron chi connectivity index (χ3n) is 3.69. The van der Waals surface area contributed by atoms with E-state index in [2.05, 4.69) is 14.8 Å². The summed E-state index contributed by atoms with van der Waals surface area (Å²) in [7, 11) is -3.58. The average Bonchev–Trinajstić information content (AvgIpc) is 3.14. The summed E-state index contributed by atoms with van der Waals surface area (Å²) in [5.41, 5.74) is 1.10. The van der Waals surface area contributed by atoms with Crippen molar-refractivity contribution in [3.05, 3.63) is 64.0 Å². The monoisotopic (exact) mass is 390 g/mol. The molecule has 0 spiro atoms. The van der Waals surface area contributed by atoms with Gasteiger partial charge in [-0.3, -0.25) is 9.78 Å². The Balaban J connectivity index is 1.71. The van der Waals surface area contributed by atoms with Crippen LogP contribution in [0.4, 0.5) is 0 Å². The Kier molecular flexibility index (Phi) is 5.60. The highest BCUT2D eigenvalue weighted by Gasteiger charge is 2.16. The number of nitrogens with zero attached hydrogens (tertiary/aromatic N) is 3. The van der Waals surface area contributed by atoms with Gasteiger partial charge in [0.15, 0.2) is 0 Å². The highest BCUT2D eigenvalue weighted by atomic mass is 32.2. The number of nitrogens with one attached hydrogen (secondary N) is 1. The van der Waals surface area contributed by atoms with Crippen molar-refractivity contribution >= 4 is 21.4 Å². The van der Waals surface area contributed by atoms with E-state index in [9.17, 15) is 13.2 Å². The van der Waals surface area contributed by atoms with E-state index < -0.39 is 10.0 Å². The molecule has 7 nitrogen and oxygen atoms in total. The second-order valence-electron chi connectivity index (χ2n) is 5.49. The number of sulfonamides is 1. The Morgan fingerprint density at radius 1 is 1.19 bits per heavy atom. The highest BCUT2D eigenvalue weighted by molar-refractivity contribution is 7.91. The Labute approximate surface area is 155 Å². The molecule has 0 aromatic carbocycles. The molecule has 9 heteroatoms. The first-order valence-electron chi connectivity index (χ1n) is 8.06. The summed E-state index contributed by atoms with van der Waals surface area (Å²) in [6, 6.07) is 10.1. The number of thiophene rings is 1. The molecule has 136 valence electrons. The molecule has 3 aromatic rings. The summed E-state index contributed by atoms with van der Waals surface area (Å²) in [6.45, 7) is 2.19. The first-order chi connectivity index (χ1) is 12.5. The molecule has 0 atom stereocenters. The van der Waals surface area contributed by atoms with E-state index in [1.807, 2.05) is 19.1 Å². The van der Waals surface area contributed by atoms with Gasteiger partial charge in [0.1, 0.15) is 4.21 Å². The normalized spacial score (nSPS) is 11.6. The van der Waals surface area contributed by atoms with Crippen molar-refractivity contribution in [3.63, 3.8) is 0 Å². The topological polar surface area (TPSA) is 93.9 Å². The molecule has 0 radical (unpaired) electrons. The number of aromatic nitrogens is 3. The van der Waals surface area contributed by atoms with E-state index >= 15 is 0 Å². The summed E-state index contributed by atoms with van der Waals surface area (Å²) >= 11 is 1.25. The summed E-state index contributed by atoms with van der Waals surface area (Å²) < 4.78 is 28.7. The quantitative estimate of drug-likeness (QED) is 0.665. The lowest BCUT2D eigenvalue weighted by Gasteiger charge is -2.08. The van der Waals surface area contributed by atoms with Crippen molar-refractivity contribution in [2.75, 3.05) is 6.54 Å². The minimum absolute atomic E-state index is 0.0745. The van der Waals surface area contributed by atoms with Gasteiger partial charge in [-0.1, -0.05) is 6.92 Å². The van der Waals surface area contributed by atoms with Gasteiger partial charge >= 0.3 is 0 Å². The lowest BCUT2D eigenvalue weighted by molar-refractivity contribution is 0.550. The number of aryl methyl sites for hydroxylation is 1.